The average molecular weight is 534 g/mol. The van der Waals surface area contributed by atoms with Crippen LogP contribution in [0.25, 0.3) is 16.0 Å². The van der Waals surface area contributed by atoms with Gasteiger partial charge in [-0.1, -0.05) is 55.8 Å². The van der Waals surface area contributed by atoms with Crippen LogP contribution in [0.15, 0.2) is 66.4 Å². The number of Topliss-reactive ketones (excluding diaryl/α,β-unsaturated/α-hetero) is 1. The van der Waals surface area contributed by atoms with E-state index in [2.05, 4.69) is 36.8 Å². The lowest BCUT2D eigenvalue weighted by Crippen LogP contribution is -2.29. The monoisotopic (exact) mass is 533 g/mol. The van der Waals surface area contributed by atoms with Gasteiger partial charge in [-0.15, -0.1) is 0 Å². The molecule has 9 heteroatoms. The van der Waals surface area contributed by atoms with Crippen LogP contribution in [0, 0.1) is 0 Å². The predicted octanol–water partition coefficient (Wildman–Crippen LogP) is 6.28. The average Bonchev–Trinajstić information content (AvgIpc) is 3.41. The van der Waals surface area contributed by atoms with Gasteiger partial charge >= 0.3 is 5.91 Å². The first-order chi connectivity index (χ1) is 17.6. The van der Waals surface area contributed by atoms with Crippen LogP contribution < -0.4 is 9.64 Å². The molecule has 2 aromatic carbocycles. The van der Waals surface area contributed by atoms with Crippen LogP contribution >= 0.6 is 22.9 Å². The van der Waals surface area contributed by atoms with E-state index in [0.717, 1.165) is 10.3 Å². The molecule has 1 fully saturated rings. The smallest absolute Gasteiger partial charge is 0.301 e. The zero-order valence-corrected chi connectivity index (χ0v) is 22.2. The zero-order valence-electron chi connectivity index (χ0n) is 20.7. The summed E-state index contributed by atoms with van der Waals surface area (Å²) in [7, 11) is 1.48. The van der Waals surface area contributed by atoms with Crippen molar-refractivity contribution in [2.45, 2.75) is 32.2 Å². The van der Waals surface area contributed by atoms with Gasteiger partial charge in [-0.3, -0.25) is 19.5 Å². The number of carbonyl (C=O) groups excluding carboxylic acids is 2. The summed E-state index contributed by atoms with van der Waals surface area (Å²) in [5, 5.41) is 11.9. The molecule has 1 aliphatic rings. The Balaban J connectivity index is 1.71. The number of amides is 1. The van der Waals surface area contributed by atoms with Crippen LogP contribution in [-0.4, -0.2) is 33.9 Å². The van der Waals surface area contributed by atoms with Gasteiger partial charge in [0.1, 0.15) is 17.6 Å². The highest BCUT2D eigenvalue weighted by atomic mass is 35.5. The third kappa shape index (κ3) is 4.36. The molecular formula is C28H24ClN3O4S. The van der Waals surface area contributed by atoms with E-state index in [1.54, 1.807) is 36.5 Å². The molecule has 1 unspecified atom stereocenters. The number of benzene rings is 2. The van der Waals surface area contributed by atoms with Crippen molar-refractivity contribution >= 4 is 55.7 Å². The number of methoxy groups -OCH3 is 1. The van der Waals surface area contributed by atoms with E-state index in [-0.39, 0.29) is 21.6 Å². The van der Waals surface area contributed by atoms with E-state index in [0.29, 0.717) is 22.1 Å². The maximum absolute atomic E-state index is 13.5. The molecule has 188 valence electrons. The Morgan fingerprint density at radius 1 is 1.11 bits per heavy atom. The Morgan fingerprint density at radius 2 is 1.89 bits per heavy atom. The van der Waals surface area contributed by atoms with Gasteiger partial charge < -0.3 is 9.84 Å². The number of carbonyl (C=O) groups is 2. The number of fused-ring (bicyclic) bond motifs is 1. The molecule has 2 aromatic heterocycles. The maximum atomic E-state index is 13.5. The molecule has 0 spiro atoms. The molecule has 3 heterocycles. The van der Waals surface area contributed by atoms with Crippen molar-refractivity contribution in [3.8, 4) is 5.75 Å². The quantitative estimate of drug-likeness (QED) is 0.188. The van der Waals surface area contributed by atoms with Gasteiger partial charge in [0.05, 0.1) is 33.6 Å². The van der Waals surface area contributed by atoms with Gasteiger partial charge in [0.2, 0.25) is 0 Å². The Bertz CT molecular complexity index is 1570. The molecular weight excluding hydrogens is 510 g/mol. The second kappa shape index (κ2) is 9.28. The summed E-state index contributed by atoms with van der Waals surface area (Å²) >= 11 is 7.69. The van der Waals surface area contributed by atoms with Crippen molar-refractivity contribution in [3.05, 3.63) is 88.2 Å². The molecule has 0 bridgehead atoms. The van der Waals surface area contributed by atoms with Crippen molar-refractivity contribution in [2.24, 2.45) is 0 Å². The second-order valence-electron chi connectivity index (χ2n) is 9.70. The standard InChI is InChI=1S/C28H24ClN3O4S/c1-28(2,3)15-8-11-19-21(13-15)37-27(31-19)32-23(20-7-5-6-12-30-20)22(25(34)26(32)35)24(33)17-14-16(36-4)9-10-18(17)29/h5-14,23,33H,1-4H3/b24-22+. The minimum Gasteiger partial charge on any atom is -0.507 e. The van der Waals surface area contributed by atoms with Gasteiger partial charge in [0, 0.05) is 11.8 Å². The van der Waals surface area contributed by atoms with Crippen LogP contribution in [-0.2, 0) is 15.0 Å². The molecule has 1 saturated heterocycles. The van der Waals surface area contributed by atoms with Crippen molar-refractivity contribution in [2.75, 3.05) is 12.0 Å². The van der Waals surface area contributed by atoms with E-state index < -0.39 is 23.5 Å². The van der Waals surface area contributed by atoms with Gasteiger partial charge in [0.25, 0.3) is 5.78 Å². The molecule has 1 N–H and O–H groups in total. The lowest BCUT2D eigenvalue weighted by atomic mass is 9.87. The molecule has 7 nitrogen and oxygen atoms in total. The van der Waals surface area contributed by atoms with Gasteiger partial charge in [-0.05, 0) is 53.4 Å². The third-order valence-corrected chi connectivity index (χ3v) is 7.64. The number of rotatable bonds is 4. The van der Waals surface area contributed by atoms with E-state index in [1.165, 1.54) is 29.4 Å². The van der Waals surface area contributed by atoms with E-state index in [9.17, 15) is 14.7 Å². The molecule has 0 radical (unpaired) electrons. The number of hydrogen-bond acceptors (Lipinski definition) is 7. The van der Waals surface area contributed by atoms with Crippen LogP contribution in [0.2, 0.25) is 5.02 Å². The van der Waals surface area contributed by atoms with Gasteiger partial charge in [0.15, 0.2) is 5.13 Å². The van der Waals surface area contributed by atoms with Gasteiger partial charge in [-0.25, -0.2) is 4.98 Å². The van der Waals surface area contributed by atoms with Crippen molar-refractivity contribution < 1.29 is 19.4 Å². The van der Waals surface area contributed by atoms with E-state index >= 15 is 0 Å². The highest BCUT2D eigenvalue weighted by Crippen LogP contribution is 2.45. The molecule has 0 saturated carbocycles. The summed E-state index contributed by atoms with van der Waals surface area (Å²) in [6.07, 6.45) is 1.57. The molecule has 4 aromatic rings. The fourth-order valence-electron chi connectivity index (χ4n) is 4.29. The fourth-order valence-corrected chi connectivity index (χ4v) is 5.53. The molecule has 1 amide bonds. The number of aliphatic hydroxyl groups is 1. The first kappa shape index (κ1) is 24.9. The predicted molar refractivity (Wildman–Crippen MR) is 145 cm³/mol. The SMILES string of the molecule is COc1ccc(Cl)c(/C(O)=C2\C(=O)C(=O)N(c3nc4ccc(C(C)(C)C)cc4s3)C2c2ccccn2)c1. The van der Waals surface area contributed by atoms with Crippen LogP contribution in [0.4, 0.5) is 5.13 Å². The lowest BCUT2D eigenvalue weighted by Gasteiger charge is -2.22. The first-order valence-electron chi connectivity index (χ1n) is 11.6. The number of halogens is 1. The lowest BCUT2D eigenvalue weighted by molar-refractivity contribution is -0.132. The van der Waals surface area contributed by atoms with Crippen molar-refractivity contribution in [3.63, 3.8) is 0 Å². The third-order valence-electron chi connectivity index (χ3n) is 6.29. The van der Waals surface area contributed by atoms with E-state index in [4.69, 9.17) is 16.3 Å². The molecule has 37 heavy (non-hydrogen) atoms. The van der Waals surface area contributed by atoms with Crippen LogP contribution in [0.5, 0.6) is 5.75 Å². The Labute approximate surface area is 223 Å². The Kier molecular flexibility index (Phi) is 6.25. The number of aromatic nitrogens is 2. The minimum atomic E-state index is -0.994. The summed E-state index contributed by atoms with van der Waals surface area (Å²) in [6.45, 7) is 6.37. The summed E-state index contributed by atoms with van der Waals surface area (Å²) in [6, 6.07) is 14.9. The number of aliphatic hydroxyl groups excluding tert-OH is 1. The molecule has 1 aliphatic heterocycles. The summed E-state index contributed by atoms with van der Waals surface area (Å²) in [5.41, 5.74) is 2.26. The summed E-state index contributed by atoms with van der Waals surface area (Å²) in [5.74, 6) is -1.61. The Morgan fingerprint density at radius 3 is 2.57 bits per heavy atom. The highest BCUT2D eigenvalue weighted by molar-refractivity contribution is 7.22. The van der Waals surface area contributed by atoms with E-state index in [1.807, 2.05) is 12.1 Å². The molecule has 1 atom stereocenters. The van der Waals surface area contributed by atoms with Gasteiger partial charge in [-0.2, -0.15) is 0 Å². The summed E-state index contributed by atoms with van der Waals surface area (Å²) < 4.78 is 6.15. The minimum absolute atomic E-state index is 0.0635. The number of pyridine rings is 1. The second-order valence-corrected chi connectivity index (χ2v) is 11.1. The maximum Gasteiger partial charge on any atom is 0.301 e. The number of nitrogens with zero attached hydrogens (tertiary/aromatic N) is 3. The normalized spacial score (nSPS) is 17.5. The highest BCUT2D eigenvalue weighted by Gasteiger charge is 2.49. The number of hydrogen-bond donors (Lipinski definition) is 1. The topological polar surface area (TPSA) is 92.6 Å². The molecule has 0 aliphatic carbocycles. The number of ether oxygens (including phenoxy) is 1. The fraction of sp³-hybridized carbons (Fsp3) is 0.214. The van der Waals surface area contributed by atoms with Crippen molar-refractivity contribution in [1.29, 1.82) is 0 Å². The first-order valence-corrected chi connectivity index (χ1v) is 12.8. The summed E-state index contributed by atoms with van der Waals surface area (Å²) in [4.78, 5) is 37.3. The number of anilines is 1. The van der Waals surface area contributed by atoms with Crippen LogP contribution in [0.1, 0.15) is 43.6 Å². The van der Waals surface area contributed by atoms with Crippen LogP contribution in [0.3, 0.4) is 0 Å². The Hall–Kier alpha value is -3.75. The number of ketones is 1. The molecule has 5 rings (SSSR count). The van der Waals surface area contributed by atoms with Crippen molar-refractivity contribution in [1.82, 2.24) is 9.97 Å². The largest absolute Gasteiger partial charge is 0.507 e. The zero-order chi connectivity index (χ0) is 26.5. The number of thiazole rings is 1.